The van der Waals surface area contributed by atoms with Crippen molar-refractivity contribution in [3.8, 4) is 0 Å². The summed E-state index contributed by atoms with van der Waals surface area (Å²) in [7, 11) is 0. The van der Waals surface area contributed by atoms with Gasteiger partial charge in [0, 0.05) is 24.3 Å². The molecule has 3 heteroatoms. The smallest absolute Gasteiger partial charge is 0.0573 e. The van der Waals surface area contributed by atoms with Crippen LogP contribution in [0.15, 0.2) is 24.4 Å². The predicted octanol–water partition coefficient (Wildman–Crippen LogP) is 3.14. The lowest BCUT2D eigenvalue weighted by atomic mass is 9.95. The third-order valence-electron chi connectivity index (χ3n) is 4.88. The van der Waals surface area contributed by atoms with Crippen molar-refractivity contribution in [2.24, 2.45) is 0 Å². The van der Waals surface area contributed by atoms with Crippen molar-refractivity contribution in [3.63, 3.8) is 0 Å². The predicted molar refractivity (Wildman–Crippen MR) is 82.6 cm³/mol. The lowest BCUT2D eigenvalue weighted by Gasteiger charge is -2.37. The van der Waals surface area contributed by atoms with Crippen LogP contribution in [0, 0.1) is 0 Å². The second-order valence-electron chi connectivity index (χ2n) is 6.32. The molecule has 3 rings (SSSR count). The molecule has 3 atom stereocenters. The first kappa shape index (κ1) is 14.0. The Labute approximate surface area is 122 Å². The Bertz CT molecular complexity index is 406. The molecule has 3 nitrogen and oxygen atoms in total. The van der Waals surface area contributed by atoms with E-state index in [9.17, 15) is 0 Å². The monoisotopic (exact) mass is 273 g/mol. The molecule has 3 unspecified atom stereocenters. The van der Waals surface area contributed by atoms with Crippen LogP contribution in [0.2, 0.25) is 0 Å². The van der Waals surface area contributed by atoms with Crippen LogP contribution in [-0.4, -0.2) is 35.1 Å². The molecule has 1 aromatic heterocycles. The summed E-state index contributed by atoms with van der Waals surface area (Å²) >= 11 is 0. The van der Waals surface area contributed by atoms with E-state index in [1.54, 1.807) is 0 Å². The second-order valence-corrected chi connectivity index (χ2v) is 6.32. The van der Waals surface area contributed by atoms with Gasteiger partial charge in [0.15, 0.2) is 0 Å². The van der Waals surface area contributed by atoms with Gasteiger partial charge in [-0.05, 0) is 57.3 Å². The van der Waals surface area contributed by atoms with E-state index in [0.717, 1.165) is 6.04 Å². The van der Waals surface area contributed by atoms with Crippen LogP contribution in [0.1, 0.15) is 57.2 Å². The molecule has 0 radical (unpaired) electrons. The van der Waals surface area contributed by atoms with Gasteiger partial charge in [-0.2, -0.15) is 0 Å². The molecule has 0 amide bonds. The number of hydrogen-bond acceptors (Lipinski definition) is 3. The molecule has 0 spiro atoms. The molecule has 3 heterocycles. The maximum absolute atomic E-state index is 4.56. The lowest BCUT2D eigenvalue weighted by Crippen LogP contribution is -2.46. The molecule has 0 aromatic carbocycles. The average Bonchev–Trinajstić information content (AvgIpc) is 2.95. The Balaban J connectivity index is 1.62. The number of nitrogens with one attached hydrogen (secondary N) is 1. The van der Waals surface area contributed by atoms with Crippen LogP contribution in [0.4, 0.5) is 0 Å². The summed E-state index contributed by atoms with van der Waals surface area (Å²) in [5, 5.41) is 3.90. The van der Waals surface area contributed by atoms with Crippen LogP contribution in [0.3, 0.4) is 0 Å². The first-order valence-corrected chi connectivity index (χ1v) is 8.28. The highest BCUT2D eigenvalue weighted by molar-refractivity contribution is 5.09. The van der Waals surface area contributed by atoms with Gasteiger partial charge in [0.25, 0.3) is 0 Å². The van der Waals surface area contributed by atoms with Gasteiger partial charge < -0.3 is 10.2 Å². The summed E-state index contributed by atoms with van der Waals surface area (Å²) in [4.78, 5) is 7.25. The minimum absolute atomic E-state index is 0.430. The van der Waals surface area contributed by atoms with E-state index >= 15 is 0 Å². The fourth-order valence-corrected chi connectivity index (χ4v) is 3.85. The minimum atomic E-state index is 0.430. The largest absolute Gasteiger partial charge is 0.306 e. The van der Waals surface area contributed by atoms with Crippen LogP contribution >= 0.6 is 0 Å². The summed E-state index contributed by atoms with van der Waals surface area (Å²) in [6.07, 6.45) is 9.73. The Hall–Kier alpha value is -0.930. The maximum atomic E-state index is 4.56. The summed E-state index contributed by atoms with van der Waals surface area (Å²) in [5.41, 5.74) is 1.21. The Morgan fingerprint density at radius 3 is 3.10 bits per heavy atom. The molecule has 20 heavy (non-hydrogen) atoms. The number of fused-ring (bicyclic) bond motifs is 1. The van der Waals surface area contributed by atoms with Gasteiger partial charge in [0.05, 0.1) is 5.69 Å². The molecule has 0 saturated carbocycles. The number of rotatable bonds is 5. The quantitative estimate of drug-likeness (QED) is 0.893. The number of hydrogen-bond donors (Lipinski definition) is 1. The van der Waals surface area contributed by atoms with Gasteiger partial charge >= 0.3 is 0 Å². The summed E-state index contributed by atoms with van der Waals surface area (Å²) < 4.78 is 0. The van der Waals surface area contributed by atoms with E-state index in [1.807, 2.05) is 12.3 Å². The van der Waals surface area contributed by atoms with Gasteiger partial charge in [-0.1, -0.05) is 19.4 Å². The van der Waals surface area contributed by atoms with Crippen molar-refractivity contribution in [1.82, 2.24) is 15.2 Å². The Morgan fingerprint density at radius 1 is 1.35 bits per heavy atom. The lowest BCUT2D eigenvalue weighted by molar-refractivity contribution is 0.159. The number of aromatic nitrogens is 1. The van der Waals surface area contributed by atoms with Crippen LogP contribution in [0.25, 0.3) is 0 Å². The van der Waals surface area contributed by atoms with E-state index in [-0.39, 0.29) is 0 Å². The standard InChI is InChI=1S/C17H27N3/c1-2-6-17(16-8-3-4-10-18-16)19-14-9-12-20-11-5-7-15(20)13-14/h3-4,8,10,14-15,17,19H,2,5-7,9,11-13H2,1H3. The molecular weight excluding hydrogens is 246 g/mol. The Kier molecular flexibility index (Phi) is 4.69. The molecule has 2 fully saturated rings. The molecule has 1 aromatic rings. The summed E-state index contributed by atoms with van der Waals surface area (Å²) in [6, 6.07) is 8.22. The van der Waals surface area contributed by atoms with E-state index in [2.05, 4.69) is 34.3 Å². The minimum Gasteiger partial charge on any atom is -0.306 e. The number of pyridine rings is 1. The van der Waals surface area contributed by atoms with Gasteiger partial charge in [0.2, 0.25) is 0 Å². The van der Waals surface area contributed by atoms with E-state index in [4.69, 9.17) is 0 Å². The topological polar surface area (TPSA) is 28.2 Å². The molecule has 2 aliphatic heterocycles. The van der Waals surface area contributed by atoms with E-state index in [0.29, 0.717) is 12.1 Å². The third kappa shape index (κ3) is 3.21. The normalized spacial score (nSPS) is 28.2. The summed E-state index contributed by atoms with van der Waals surface area (Å²) in [5.74, 6) is 0. The zero-order valence-electron chi connectivity index (χ0n) is 12.6. The van der Waals surface area contributed by atoms with Gasteiger partial charge in [-0.25, -0.2) is 0 Å². The van der Waals surface area contributed by atoms with Crippen molar-refractivity contribution < 1.29 is 0 Å². The fourth-order valence-electron chi connectivity index (χ4n) is 3.85. The highest BCUT2D eigenvalue weighted by atomic mass is 15.2. The average molecular weight is 273 g/mol. The zero-order valence-corrected chi connectivity index (χ0v) is 12.6. The van der Waals surface area contributed by atoms with Crippen molar-refractivity contribution >= 4 is 0 Å². The van der Waals surface area contributed by atoms with E-state index in [1.165, 1.54) is 57.3 Å². The van der Waals surface area contributed by atoms with E-state index < -0.39 is 0 Å². The van der Waals surface area contributed by atoms with Crippen molar-refractivity contribution in [3.05, 3.63) is 30.1 Å². The SMILES string of the molecule is CCCC(NC1CCN2CCCC2C1)c1ccccn1. The van der Waals surface area contributed by atoms with Gasteiger partial charge in [-0.3, -0.25) is 4.98 Å². The zero-order chi connectivity index (χ0) is 13.8. The highest BCUT2D eigenvalue weighted by Gasteiger charge is 2.32. The molecule has 1 N–H and O–H groups in total. The maximum Gasteiger partial charge on any atom is 0.0573 e. The first-order valence-electron chi connectivity index (χ1n) is 8.28. The first-order chi connectivity index (χ1) is 9.86. The van der Waals surface area contributed by atoms with Crippen molar-refractivity contribution in [2.75, 3.05) is 13.1 Å². The second kappa shape index (κ2) is 6.68. The van der Waals surface area contributed by atoms with Gasteiger partial charge in [0.1, 0.15) is 0 Å². The molecule has 0 bridgehead atoms. The summed E-state index contributed by atoms with van der Waals surface area (Å²) in [6.45, 7) is 4.87. The molecular formula is C17H27N3. The van der Waals surface area contributed by atoms with Gasteiger partial charge in [-0.15, -0.1) is 0 Å². The number of nitrogens with zero attached hydrogens (tertiary/aromatic N) is 2. The Morgan fingerprint density at radius 2 is 2.30 bits per heavy atom. The molecule has 2 saturated heterocycles. The molecule has 110 valence electrons. The number of piperidine rings is 1. The van der Waals surface area contributed by atoms with Crippen molar-refractivity contribution in [1.29, 1.82) is 0 Å². The van der Waals surface area contributed by atoms with Crippen LogP contribution in [0.5, 0.6) is 0 Å². The van der Waals surface area contributed by atoms with Crippen LogP contribution in [-0.2, 0) is 0 Å². The third-order valence-corrected chi connectivity index (χ3v) is 4.88. The molecule has 0 aliphatic carbocycles. The van der Waals surface area contributed by atoms with Crippen LogP contribution < -0.4 is 5.32 Å². The fraction of sp³-hybridized carbons (Fsp3) is 0.706. The highest BCUT2D eigenvalue weighted by Crippen LogP contribution is 2.28. The van der Waals surface area contributed by atoms with Crippen molar-refractivity contribution in [2.45, 2.75) is 63.6 Å². The molecule has 2 aliphatic rings.